The first-order valence-electron chi connectivity index (χ1n) is 9.43. The Morgan fingerprint density at radius 3 is 2.38 bits per heavy atom. The van der Waals surface area contributed by atoms with Gasteiger partial charge in [0, 0.05) is 6.54 Å². The van der Waals surface area contributed by atoms with Crippen molar-refractivity contribution in [2.75, 3.05) is 0 Å². The van der Waals surface area contributed by atoms with Gasteiger partial charge in [0.1, 0.15) is 5.25 Å². The molecule has 0 amide bonds. The third-order valence-electron chi connectivity index (χ3n) is 4.89. The number of carbonyl (C=O) groups is 1. The predicted octanol–water partition coefficient (Wildman–Crippen LogP) is 4.36. The van der Waals surface area contributed by atoms with E-state index in [-0.39, 0.29) is 5.56 Å². The summed E-state index contributed by atoms with van der Waals surface area (Å²) in [6.07, 6.45) is 0.357. The van der Waals surface area contributed by atoms with E-state index in [1.807, 2.05) is 73.7 Å². The molecule has 3 aromatic carbocycles. The zero-order valence-electron chi connectivity index (χ0n) is 15.9. The van der Waals surface area contributed by atoms with Crippen molar-refractivity contribution in [3.8, 4) is 0 Å². The number of carboxylic acid groups (broad SMARTS) is 1. The molecule has 0 aliphatic rings. The van der Waals surface area contributed by atoms with Crippen LogP contribution in [0, 0.1) is 0 Å². The summed E-state index contributed by atoms with van der Waals surface area (Å²) in [4.78, 5) is 29.7. The molecule has 0 spiro atoms. The van der Waals surface area contributed by atoms with Crippen LogP contribution in [0.1, 0.15) is 12.5 Å². The second-order valence-electron chi connectivity index (χ2n) is 6.79. The molecule has 1 N–H and O–H groups in total. The number of fused-ring (bicyclic) bond motifs is 2. The molecule has 4 aromatic rings. The number of benzene rings is 3. The molecule has 1 heterocycles. The molecule has 0 aliphatic heterocycles. The van der Waals surface area contributed by atoms with Crippen molar-refractivity contribution in [2.24, 2.45) is 0 Å². The second kappa shape index (κ2) is 8.09. The Labute approximate surface area is 172 Å². The molecule has 1 aromatic heterocycles. The van der Waals surface area contributed by atoms with Crippen molar-refractivity contribution in [3.63, 3.8) is 0 Å². The number of rotatable bonds is 6. The molecule has 5 nitrogen and oxygen atoms in total. The fourth-order valence-corrected chi connectivity index (χ4v) is 4.51. The van der Waals surface area contributed by atoms with Crippen molar-refractivity contribution >= 4 is 39.4 Å². The van der Waals surface area contributed by atoms with E-state index in [9.17, 15) is 14.7 Å². The number of aliphatic carboxylic acids is 1. The monoisotopic (exact) mass is 404 g/mol. The maximum atomic E-state index is 13.1. The average molecular weight is 404 g/mol. The van der Waals surface area contributed by atoms with Crippen LogP contribution in [-0.4, -0.2) is 25.9 Å². The summed E-state index contributed by atoms with van der Waals surface area (Å²) in [7, 11) is 0. The topological polar surface area (TPSA) is 72.2 Å². The van der Waals surface area contributed by atoms with Gasteiger partial charge < -0.3 is 5.11 Å². The Morgan fingerprint density at radius 2 is 1.72 bits per heavy atom. The van der Waals surface area contributed by atoms with Gasteiger partial charge in [0.2, 0.25) is 0 Å². The lowest BCUT2D eigenvalue weighted by molar-refractivity contribution is -0.136. The van der Waals surface area contributed by atoms with Crippen molar-refractivity contribution in [1.82, 2.24) is 9.55 Å². The van der Waals surface area contributed by atoms with Gasteiger partial charge in [-0.2, -0.15) is 0 Å². The highest BCUT2D eigenvalue weighted by atomic mass is 32.2. The minimum absolute atomic E-state index is 0.144. The van der Waals surface area contributed by atoms with E-state index in [1.165, 1.54) is 0 Å². The van der Waals surface area contributed by atoms with Crippen LogP contribution < -0.4 is 5.56 Å². The van der Waals surface area contributed by atoms with E-state index < -0.39 is 11.2 Å². The van der Waals surface area contributed by atoms with Crippen molar-refractivity contribution < 1.29 is 9.90 Å². The number of carboxylic acids is 1. The minimum atomic E-state index is -0.922. The number of hydrogen-bond acceptors (Lipinski definition) is 4. The van der Waals surface area contributed by atoms with Crippen molar-refractivity contribution in [1.29, 1.82) is 0 Å². The highest BCUT2D eigenvalue weighted by Crippen LogP contribution is 2.27. The second-order valence-corrected chi connectivity index (χ2v) is 7.96. The first-order valence-corrected chi connectivity index (χ1v) is 10.3. The number of hydrogen-bond donors (Lipinski definition) is 1. The quantitative estimate of drug-likeness (QED) is 0.294. The first-order chi connectivity index (χ1) is 14.1. The molecule has 0 radical (unpaired) electrons. The lowest BCUT2D eigenvalue weighted by atomic mass is 10.1. The number of nitrogens with zero attached hydrogens (tertiary/aromatic N) is 2. The molecule has 1 atom stereocenters. The molecule has 0 fully saturated rings. The molecule has 0 aliphatic carbocycles. The molecular weight excluding hydrogens is 384 g/mol. The first kappa shape index (κ1) is 19.2. The van der Waals surface area contributed by atoms with Gasteiger partial charge in [-0.05, 0) is 41.8 Å². The largest absolute Gasteiger partial charge is 0.480 e. The summed E-state index contributed by atoms with van der Waals surface area (Å²) in [6, 6.07) is 21.1. The summed E-state index contributed by atoms with van der Waals surface area (Å²) in [5.74, 6) is -0.922. The zero-order valence-corrected chi connectivity index (χ0v) is 16.7. The van der Waals surface area contributed by atoms with Crippen LogP contribution in [0.3, 0.4) is 0 Å². The molecule has 4 rings (SSSR count). The maximum Gasteiger partial charge on any atom is 0.317 e. The SMILES string of the molecule is CCn1c(SC(Cc2ccccc2)C(=O)O)nc2cc3ccccc3cc2c1=O. The molecule has 1 unspecified atom stereocenters. The highest BCUT2D eigenvalue weighted by Gasteiger charge is 2.23. The normalized spacial score (nSPS) is 12.3. The lowest BCUT2D eigenvalue weighted by Gasteiger charge is -2.16. The lowest BCUT2D eigenvalue weighted by Crippen LogP contribution is -2.26. The van der Waals surface area contributed by atoms with E-state index in [1.54, 1.807) is 4.57 Å². The van der Waals surface area contributed by atoms with Crippen LogP contribution in [0.4, 0.5) is 0 Å². The van der Waals surface area contributed by atoms with Crippen LogP contribution in [0.15, 0.2) is 76.7 Å². The third kappa shape index (κ3) is 3.89. The van der Waals surface area contributed by atoms with Crippen LogP contribution in [-0.2, 0) is 17.8 Å². The van der Waals surface area contributed by atoms with Gasteiger partial charge >= 0.3 is 5.97 Å². The number of thioether (sulfide) groups is 1. The summed E-state index contributed by atoms with van der Waals surface area (Å²) >= 11 is 1.13. The summed E-state index contributed by atoms with van der Waals surface area (Å²) in [5, 5.41) is 12.0. The Balaban J connectivity index is 1.79. The Bertz CT molecular complexity index is 1250. The van der Waals surface area contributed by atoms with Gasteiger partial charge in [-0.15, -0.1) is 0 Å². The van der Waals surface area contributed by atoms with Crippen molar-refractivity contribution in [3.05, 3.63) is 82.6 Å². The van der Waals surface area contributed by atoms with Gasteiger partial charge in [-0.25, -0.2) is 4.98 Å². The molecule has 0 saturated carbocycles. The van der Waals surface area contributed by atoms with E-state index in [0.717, 1.165) is 28.1 Å². The third-order valence-corrected chi connectivity index (χ3v) is 6.07. The van der Waals surface area contributed by atoms with E-state index in [4.69, 9.17) is 0 Å². The Hall–Kier alpha value is -3.12. The van der Waals surface area contributed by atoms with E-state index in [0.29, 0.717) is 29.0 Å². The number of aromatic nitrogens is 2. The Morgan fingerprint density at radius 1 is 1.07 bits per heavy atom. The fraction of sp³-hybridized carbons (Fsp3) is 0.174. The molecule has 146 valence electrons. The van der Waals surface area contributed by atoms with E-state index in [2.05, 4.69) is 4.98 Å². The van der Waals surface area contributed by atoms with Gasteiger partial charge in [-0.1, -0.05) is 66.4 Å². The average Bonchev–Trinajstić information content (AvgIpc) is 2.73. The zero-order chi connectivity index (χ0) is 20.4. The predicted molar refractivity (Wildman–Crippen MR) is 117 cm³/mol. The molecular formula is C23H20N2O3S. The van der Waals surface area contributed by atoms with E-state index >= 15 is 0 Å². The van der Waals surface area contributed by atoms with Crippen LogP contribution in [0.5, 0.6) is 0 Å². The van der Waals surface area contributed by atoms with Crippen molar-refractivity contribution in [2.45, 2.75) is 30.3 Å². The van der Waals surface area contributed by atoms with Crippen LogP contribution >= 0.6 is 11.8 Å². The summed E-state index contributed by atoms with van der Waals surface area (Å²) < 4.78 is 1.56. The molecule has 0 saturated heterocycles. The fourth-order valence-electron chi connectivity index (χ4n) is 3.39. The van der Waals surface area contributed by atoms with Gasteiger partial charge in [-0.3, -0.25) is 14.2 Å². The highest BCUT2D eigenvalue weighted by molar-refractivity contribution is 8.00. The molecule has 0 bridgehead atoms. The van der Waals surface area contributed by atoms with Gasteiger partial charge in [0.05, 0.1) is 10.9 Å². The molecule has 6 heteroatoms. The van der Waals surface area contributed by atoms with Gasteiger partial charge in [0.25, 0.3) is 5.56 Å². The van der Waals surface area contributed by atoms with Crippen LogP contribution in [0.2, 0.25) is 0 Å². The minimum Gasteiger partial charge on any atom is -0.480 e. The van der Waals surface area contributed by atoms with Gasteiger partial charge in [0.15, 0.2) is 5.16 Å². The molecule has 29 heavy (non-hydrogen) atoms. The maximum absolute atomic E-state index is 13.1. The van der Waals surface area contributed by atoms with Crippen LogP contribution in [0.25, 0.3) is 21.7 Å². The summed E-state index contributed by atoms with van der Waals surface area (Å²) in [6.45, 7) is 2.29. The Kier molecular flexibility index (Phi) is 5.36. The standard InChI is InChI=1S/C23H20N2O3S/c1-2-25-21(26)18-13-16-10-6-7-11-17(16)14-19(18)24-23(25)29-20(22(27)28)12-15-8-4-3-5-9-15/h3-11,13-14,20H,2,12H2,1H3,(H,27,28). The smallest absolute Gasteiger partial charge is 0.317 e. The summed E-state index contributed by atoms with van der Waals surface area (Å²) in [5.41, 5.74) is 1.38.